The number of rotatable bonds is 5. The summed E-state index contributed by atoms with van der Waals surface area (Å²) in [5.41, 5.74) is 2.83. The monoisotopic (exact) mass is 357 g/mol. The number of ether oxygens (including phenoxy) is 1. The second kappa shape index (κ2) is 7.36. The minimum absolute atomic E-state index is 0.0270. The fraction of sp³-hybridized carbons (Fsp3) is 0.167. The summed E-state index contributed by atoms with van der Waals surface area (Å²) in [6.07, 6.45) is 4.38. The maximum atomic E-state index is 11.9. The van der Waals surface area contributed by atoms with Gasteiger partial charge in [0.25, 0.3) is 0 Å². The maximum Gasteiger partial charge on any atom is 0.331 e. The number of carbonyl (C=O) groups is 1. The lowest BCUT2D eigenvalue weighted by molar-refractivity contribution is -0.139. The number of carbonyl (C=O) groups excluding carboxylic acids is 1. The van der Waals surface area contributed by atoms with Crippen LogP contribution >= 0.6 is 11.6 Å². The molecule has 6 nitrogen and oxygen atoms in total. The van der Waals surface area contributed by atoms with Gasteiger partial charge in [-0.05, 0) is 25.1 Å². The molecule has 0 amide bonds. The summed E-state index contributed by atoms with van der Waals surface area (Å²) in [6, 6.07) is 9.50. The number of esters is 1. The highest BCUT2D eigenvalue weighted by Gasteiger charge is 2.10. The lowest BCUT2D eigenvalue weighted by atomic mass is 10.2. The van der Waals surface area contributed by atoms with E-state index in [1.807, 2.05) is 37.3 Å². The van der Waals surface area contributed by atoms with Crippen molar-refractivity contribution >= 4 is 23.6 Å². The molecule has 2 aromatic heterocycles. The van der Waals surface area contributed by atoms with Crippen LogP contribution in [0.25, 0.3) is 17.5 Å². The molecule has 0 bridgehead atoms. The van der Waals surface area contributed by atoms with E-state index in [9.17, 15) is 4.79 Å². The summed E-state index contributed by atoms with van der Waals surface area (Å²) in [4.78, 5) is 16.2. The van der Waals surface area contributed by atoms with Gasteiger partial charge in [-0.3, -0.25) is 4.68 Å². The molecule has 0 unspecified atom stereocenters. The highest BCUT2D eigenvalue weighted by molar-refractivity contribution is 6.31. The Bertz CT molecular complexity index is 913. The molecule has 25 heavy (non-hydrogen) atoms. The Morgan fingerprint density at radius 1 is 1.36 bits per heavy atom. The van der Waals surface area contributed by atoms with Crippen molar-refractivity contribution in [2.24, 2.45) is 7.05 Å². The van der Waals surface area contributed by atoms with Crippen LogP contribution in [0.3, 0.4) is 0 Å². The number of oxazole rings is 1. The Morgan fingerprint density at radius 2 is 2.12 bits per heavy atom. The van der Waals surface area contributed by atoms with E-state index in [2.05, 4.69) is 10.1 Å². The van der Waals surface area contributed by atoms with E-state index in [0.29, 0.717) is 22.3 Å². The van der Waals surface area contributed by atoms with Crippen LogP contribution in [0.15, 0.2) is 47.1 Å². The van der Waals surface area contributed by atoms with Crippen LogP contribution in [0, 0.1) is 6.92 Å². The maximum absolute atomic E-state index is 11.9. The zero-order valence-electron chi connectivity index (χ0n) is 13.8. The van der Waals surface area contributed by atoms with E-state index in [1.54, 1.807) is 17.8 Å². The highest BCUT2D eigenvalue weighted by Crippen LogP contribution is 2.20. The molecule has 0 fully saturated rings. The molecule has 0 aliphatic carbocycles. The summed E-state index contributed by atoms with van der Waals surface area (Å²) in [5.74, 6) is -0.0106. The molecule has 3 aromatic rings. The second-order valence-corrected chi connectivity index (χ2v) is 5.72. The van der Waals surface area contributed by atoms with Gasteiger partial charge < -0.3 is 9.15 Å². The molecule has 3 rings (SSSR count). The summed E-state index contributed by atoms with van der Waals surface area (Å²) in [6.45, 7) is 1.84. The molecule has 0 atom stereocenters. The van der Waals surface area contributed by atoms with Gasteiger partial charge in [-0.2, -0.15) is 5.10 Å². The first-order valence-corrected chi connectivity index (χ1v) is 7.96. The third kappa shape index (κ3) is 3.97. The average molecular weight is 358 g/mol. The highest BCUT2D eigenvalue weighted by atomic mass is 35.5. The summed E-state index contributed by atoms with van der Waals surface area (Å²) >= 11 is 6.11. The van der Waals surface area contributed by atoms with Gasteiger partial charge in [0, 0.05) is 24.3 Å². The third-order valence-corrected chi connectivity index (χ3v) is 3.97. The first-order chi connectivity index (χ1) is 12.0. The predicted octanol–water partition coefficient (Wildman–Crippen LogP) is 3.79. The van der Waals surface area contributed by atoms with Gasteiger partial charge in [-0.15, -0.1) is 0 Å². The van der Waals surface area contributed by atoms with Gasteiger partial charge in [0.2, 0.25) is 5.89 Å². The van der Waals surface area contributed by atoms with Crippen molar-refractivity contribution < 1.29 is 13.9 Å². The van der Waals surface area contributed by atoms with E-state index < -0.39 is 5.97 Å². The van der Waals surface area contributed by atoms with Crippen LogP contribution in [-0.2, 0) is 23.2 Å². The molecule has 0 radical (unpaired) electrons. The predicted molar refractivity (Wildman–Crippen MR) is 93.7 cm³/mol. The molecule has 7 heteroatoms. The van der Waals surface area contributed by atoms with E-state index in [4.69, 9.17) is 20.8 Å². The van der Waals surface area contributed by atoms with Crippen molar-refractivity contribution in [3.8, 4) is 11.5 Å². The topological polar surface area (TPSA) is 70.2 Å². The molecular weight excluding hydrogens is 342 g/mol. The lowest BCUT2D eigenvalue weighted by Gasteiger charge is -1.98. The zero-order valence-corrected chi connectivity index (χ0v) is 14.5. The minimum Gasteiger partial charge on any atom is -0.456 e. The quantitative estimate of drug-likeness (QED) is 0.513. The van der Waals surface area contributed by atoms with Crippen LogP contribution < -0.4 is 0 Å². The minimum atomic E-state index is -0.497. The first-order valence-electron chi connectivity index (χ1n) is 7.58. The normalized spacial score (nSPS) is 11.2. The van der Waals surface area contributed by atoms with E-state index in [0.717, 1.165) is 11.3 Å². The van der Waals surface area contributed by atoms with Crippen LogP contribution in [-0.4, -0.2) is 20.7 Å². The van der Waals surface area contributed by atoms with Gasteiger partial charge in [0.15, 0.2) is 0 Å². The molecular formula is C18H16ClN3O3. The van der Waals surface area contributed by atoms with Crippen LogP contribution in [0.4, 0.5) is 0 Å². The molecule has 2 heterocycles. The smallest absolute Gasteiger partial charge is 0.331 e. The molecule has 0 aliphatic heterocycles. The molecule has 0 saturated heterocycles. The molecule has 0 spiro atoms. The summed E-state index contributed by atoms with van der Waals surface area (Å²) < 4.78 is 12.1. The molecule has 0 N–H and O–H groups in total. The summed E-state index contributed by atoms with van der Waals surface area (Å²) in [7, 11) is 1.74. The Morgan fingerprint density at radius 3 is 2.80 bits per heavy atom. The van der Waals surface area contributed by atoms with Crippen molar-refractivity contribution in [1.82, 2.24) is 14.8 Å². The zero-order chi connectivity index (χ0) is 17.8. The van der Waals surface area contributed by atoms with Crippen molar-refractivity contribution in [3.63, 3.8) is 0 Å². The molecule has 0 aliphatic rings. The van der Waals surface area contributed by atoms with Crippen LogP contribution in [0.5, 0.6) is 0 Å². The Balaban J connectivity index is 1.59. The van der Waals surface area contributed by atoms with Crippen LogP contribution in [0.2, 0.25) is 5.15 Å². The van der Waals surface area contributed by atoms with E-state index in [1.165, 1.54) is 12.3 Å². The van der Waals surface area contributed by atoms with Gasteiger partial charge in [0.05, 0.1) is 5.69 Å². The Hall–Kier alpha value is -2.86. The van der Waals surface area contributed by atoms with Crippen molar-refractivity contribution in [3.05, 3.63) is 64.8 Å². The Labute approximate surface area is 149 Å². The van der Waals surface area contributed by atoms with Crippen molar-refractivity contribution in [1.29, 1.82) is 0 Å². The molecule has 1 aromatic carbocycles. The fourth-order valence-corrected chi connectivity index (χ4v) is 2.50. The summed E-state index contributed by atoms with van der Waals surface area (Å²) in [5, 5.41) is 4.64. The van der Waals surface area contributed by atoms with Gasteiger partial charge in [0.1, 0.15) is 23.7 Å². The number of benzene rings is 1. The van der Waals surface area contributed by atoms with Gasteiger partial charge in [-0.1, -0.05) is 29.8 Å². The Kier molecular flexibility index (Phi) is 5.00. The fourth-order valence-electron chi connectivity index (χ4n) is 2.27. The molecule has 128 valence electrons. The second-order valence-electron chi connectivity index (χ2n) is 5.36. The van der Waals surface area contributed by atoms with Gasteiger partial charge >= 0.3 is 5.97 Å². The number of aromatic nitrogens is 3. The average Bonchev–Trinajstić information content (AvgIpc) is 3.18. The SMILES string of the molecule is Cc1nn(C)c(Cl)c1/C=C/C(=O)OCc1coc(-c2ccccc2)n1. The van der Waals surface area contributed by atoms with Gasteiger partial charge in [-0.25, -0.2) is 9.78 Å². The molecule has 0 saturated carbocycles. The van der Waals surface area contributed by atoms with Crippen molar-refractivity contribution in [2.45, 2.75) is 13.5 Å². The van der Waals surface area contributed by atoms with E-state index in [-0.39, 0.29) is 6.61 Å². The number of hydrogen-bond acceptors (Lipinski definition) is 5. The largest absolute Gasteiger partial charge is 0.456 e. The van der Waals surface area contributed by atoms with E-state index >= 15 is 0 Å². The first kappa shape index (κ1) is 17.0. The number of aryl methyl sites for hydroxylation is 2. The number of halogens is 1. The number of nitrogens with zero attached hydrogens (tertiary/aromatic N) is 3. The third-order valence-electron chi connectivity index (χ3n) is 3.52. The van der Waals surface area contributed by atoms with Crippen molar-refractivity contribution in [2.75, 3.05) is 0 Å². The van der Waals surface area contributed by atoms with Crippen LogP contribution in [0.1, 0.15) is 17.0 Å². The lowest BCUT2D eigenvalue weighted by Crippen LogP contribution is -2.01. The standard InChI is InChI=1S/C18H16ClN3O3/c1-12-15(17(19)22(2)21-12)8-9-16(23)24-10-14-11-25-18(20-14)13-6-4-3-5-7-13/h3-9,11H,10H2,1-2H3/b9-8+. The number of hydrogen-bond donors (Lipinski definition) is 0.